The van der Waals surface area contributed by atoms with Crippen molar-refractivity contribution in [2.24, 2.45) is 5.41 Å². The third-order valence-electron chi connectivity index (χ3n) is 5.28. The molecule has 0 saturated heterocycles. The summed E-state index contributed by atoms with van der Waals surface area (Å²) in [5, 5.41) is 0. The zero-order valence-corrected chi connectivity index (χ0v) is 13.7. The topological polar surface area (TPSA) is 9.23 Å². The van der Waals surface area contributed by atoms with Crippen LogP contribution in [-0.2, 0) is 10.9 Å². The van der Waals surface area contributed by atoms with Gasteiger partial charge in [0.2, 0.25) is 0 Å². The Kier molecular flexibility index (Phi) is 4.73. The van der Waals surface area contributed by atoms with Gasteiger partial charge in [-0.1, -0.05) is 42.9 Å². The van der Waals surface area contributed by atoms with Crippen molar-refractivity contribution in [2.45, 2.75) is 50.8 Å². The average molecular weight is 334 g/mol. The average Bonchev–Trinajstić information content (AvgIpc) is 2.96. The number of benzene rings is 1. The molecule has 0 bridgehead atoms. The Morgan fingerprint density at radius 2 is 1.92 bits per heavy atom. The van der Waals surface area contributed by atoms with Crippen LogP contribution in [0.5, 0.6) is 0 Å². The quantitative estimate of drug-likeness (QED) is 0.629. The first kappa shape index (κ1) is 17.1. The van der Waals surface area contributed by atoms with E-state index in [0.29, 0.717) is 0 Å². The molecule has 0 N–H and O–H groups in total. The fourth-order valence-corrected chi connectivity index (χ4v) is 4.11. The number of halogens is 3. The summed E-state index contributed by atoms with van der Waals surface area (Å²) in [4.78, 5) is 0. The molecule has 0 amide bonds. The molecule has 1 fully saturated rings. The van der Waals surface area contributed by atoms with Crippen molar-refractivity contribution in [2.75, 3.05) is 7.11 Å². The second-order valence-electron chi connectivity index (χ2n) is 6.58. The van der Waals surface area contributed by atoms with Crippen LogP contribution in [0.2, 0.25) is 0 Å². The van der Waals surface area contributed by atoms with Gasteiger partial charge in [-0.15, -0.1) is 0 Å². The summed E-state index contributed by atoms with van der Waals surface area (Å²) in [6, 6.07) is 5.51. The normalized spacial score (nSPS) is 26.8. The SMILES string of the molecule is CO[C@@H]1CCCC[C@]12CCC=C2C#Cc1ccccc1C(F)(F)F. The fourth-order valence-electron chi connectivity index (χ4n) is 4.11. The Labute approximate surface area is 140 Å². The van der Waals surface area contributed by atoms with Crippen LogP contribution >= 0.6 is 0 Å². The van der Waals surface area contributed by atoms with Gasteiger partial charge in [0.15, 0.2) is 0 Å². The summed E-state index contributed by atoms with van der Waals surface area (Å²) in [5.74, 6) is 5.85. The van der Waals surface area contributed by atoms with Gasteiger partial charge in [-0.05, 0) is 37.8 Å². The number of hydrogen-bond acceptors (Lipinski definition) is 1. The van der Waals surface area contributed by atoms with E-state index in [9.17, 15) is 13.2 Å². The Morgan fingerprint density at radius 1 is 1.12 bits per heavy atom. The van der Waals surface area contributed by atoms with Crippen molar-refractivity contribution in [3.8, 4) is 11.8 Å². The van der Waals surface area contributed by atoms with E-state index in [-0.39, 0.29) is 17.1 Å². The highest BCUT2D eigenvalue weighted by atomic mass is 19.4. The molecule has 0 radical (unpaired) electrons. The van der Waals surface area contributed by atoms with Crippen LogP contribution in [0.1, 0.15) is 49.7 Å². The molecule has 4 heteroatoms. The van der Waals surface area contributed by atoms with Crippen LogP contribution in [0.15, 0.2) is 35.9 Å². The molecule has 0 unspecified atom stereocenters. The number of allylic oxidation sites excluding steroid dienone is 1. The van der Waals surface area contributed by atoms with E-state index in [1.54, 1.807) is 13.2 Å². The highest BCUT2D eigenvalue weighted by Gasteiger charge is 2.45. The third-order valence-corrected chi connectivity index (χ3v) is 5.28. The van der Waals surface area contributed by atoms with Crippen LogP contribution in [0.4, 0.5) is 13.2 Å². The zero-order chi connectivity index (χ0) is 17.2. The minimum absolute atomic E-state index is 0.0396. The van der Waals surface area contributed by atoms with E-state index < -0.39 is 11.7 Å². The number of methoxy groups -OCH3 is 1. The van der Waals surface area contributed by atoms with E-state index in [1.807, 2.05) is 0 Å². The highest BCUT2D eigenvalue weighted by molar-refractivity contribution is 5.49. The summed E-state index contributed by atoms with van der Waals surface area (Å²) in [6.45, 7) is 0. The van der Waals surface area contributed by atoms with Crippen LogP contribution in [0.3, 0.4) is 0 Å². The summed E-state index contributed by atoms with van der Waals surface area (Å²) in [7, 11) is 1.72. The van der Waals surface area contributed by atoms with Crippen molar-refractivity contribution in [3.63, 3.8) is 0 Å². The molecular formula is C20H21F3O. The van der Waals surface area contributed by atoms with E-state index in [2.05, 4.69) is 17.9 Å². The van der Waals surface area contributed by atoms with Gasteiger partial charge in [0, 0.05) is 23.7 Å². The molecule has 1 aromatic carbocycles. The molecule has 1 saturated carbocycles. The maximum Gasteiger partial charge on any atom is 0.417 e. The van der Waals surface area contributed by atoms with Gasteiger partial charge >= 0.3 is 6.18 Å². The second-order valence-corrected chi connectivity index (χ2v) is 6.58. The number of ether oxygens (including phenoxy) is 1. The van der Waals surface area contributed by atoms with Crippen LogP contribution < -0.4 is 0 Å². The zero-order valence-electron chi connectivity index (χ0n) is 13.7. The van der Waals surface area contributed by atoms with Crippen LogP contribution in [-0.4, -0.2) is 13.2 Å². The van der Waals surface area contributed by atoms with Gasteiger partial charge in [-0.25, -0.2) is 0 Å². The maximum absolute atomic E-state index is 13.1. The predicted octanol–water partition coefficient (Wildman–Crippen LogP) is 5.35. The molecule has 1 spiro atoms. The first-order chi connectivity index (χ1) is 11.5. The van der Waals surface area contributed by atoms with Gasteiger partial charge in [-0.2, -0.15) is 13.2 Å². The van der Waals surface area contributed by atoms with Crippen LogP contribution in [0.25, 0.3) is 0 Å². The van der Waals surface area contributed by atoms with Gasteiger partial charge in [0.05, 0.1) is 11.7 Å². The minimum Gasteiger partial charge on any atom is -0.381 e. The lowest BCUT2D eigenvalue weighted by atomic mass is 9.67. The lowest BCUT2D eigenvalue weighted by Gasteiger charge is -2.41. The van der Waals surface area contributed by atoms with Crippen LogP contribution in [0, 0.1) is 17.3 Å². The number of rotatable bonds is 1. The maximum atomic E-state index is 13.1. The van der Waals surface area contributed by atoms with Gasteiger partial charge in [0.25, 0.3) is 0 Å². The first-order valence-electron chi connectivity index (χ1n) is 8.39. The summed E-state index contributed by atoms with van der Waals surface area (Å²) >= 11 is 0. The second kappa shape index (κ2) is 6.64. The predicted molar refractivity (Wildman–Crippen MR) is 87.3 cm³/mol. The molecular weight excluding hydrogens is 313 g/mol. The molecule has 2 aliphatic rings. The third kappa shape index (κ3) is 3.10. The lowest BCUT2D eigenvalue weighted by Crippen LogP contribution is -2.39. The minimum atomic E-state index is -4.38. The molecule has 0 aromatic heterocycles. The molecule has 2 aliphatic carbocycles. The highest BCUT2D eigenvalue weighted by Crippen LogP contribution is 2.50. The monoisotopic (exact) mass is 334 g/mol. The van der Waals surface area contributed by atoms with E-state index in [4.69, 9.17) is 4.74 Å². The molecule has 1 aromatic rings. The van der Waals surface area contributed by atoms with E-state index in [0.717, 1.165) is 50.2 Å². The van der Waals surface area contributed by atoms with E-state index >= 15 is 0 Å². The molecule has 0 heterocycles. The Bertz CT molecular complexity index is 693. The van der Waals surface area contributed by atoms with Crippen molar-refractivity contribution in [1.29, 1.82) is 0 Å². The molecule has 128 valence electrons. The fraction of sp³-hybridized carbons (Fsp3) is 0.500. The van der Waals surface area contributed by atoms with Crippen molar-refractivity contribution >= 4 is 0 Å². The summed E-state index contributed by atoms with van der Waals surface area (Å²) < 4.78 is 45.0. The molecule has 1 nitrogen and oxygen atoms in total. The Balaban J connectivity index is 1.94. The largest absolute Gasteiger partial charge is 0.417 e. The first-order valence-corrected chi connectivity index (χ1v) is 8.39. The molecule has 0 aliphatic heterocycles. The van der Waals surface area contributed by atoms with E-state index in [1.165, 1.54) is 12.1 Å². The van der Waals surface area contributed by atoms with Crippen molar-refractivity contribution in [1.82, 2.24) is 0 Å². The van der Waals surface area contributed by atoms with Crippen molar-refractivity contribution in [3.05, 3.63) is 47.0 Å². The Hall–Kier alpha value is -1.73. The Morgan fingerprint density at radius 3 is 2.67 bits per heavy atom. The number of alkyl halides is 3. The molecule has 24 heavy (non-hydrogen) atoms. The number of hydrogen-bond donors (Lipinski definition) is 0. The smallest absolute Gasteiger partial charge is 0.381 e. The lowest BCUT2D eigenvalue weighted by molar-refractivity contribution is -0.137. The van der Waals surface area contributed by atoms with Gasteiger partial charge < -0.3 is 4.74 Å². The molecule has 2 atom stereocenters. The van der Waals surface area contributed by atoms with Crippen molar-refractivity contribution < 1.29 is 17.9 Å². The summed E-state index contributed by atoms with van der Waals surface area (Å²) in [6.07, 6.45) is 3.98. The van der Waals surface area contributed by atoms with Gasteiger partial charge in [0.1, 0.15) is 0 Å². The standard InChI is InChI=1S/C20H21F3O/c1-24-18-10-4-5-13-19(18)14-6-8-16(19)12-11-15-7-2-3-9-17(15)20(21,22)23/h2-3,7-9,18H,4-6,10,13-14H2,1H3/t18-,19-/m1/s1. The van der Waals surface area contributed by atoms with Gasteiger partial charge in [-0.3, -0.25) is 0 Å². The molecule has 3 rings (SSSR count). The summed E-state index contributed by atoms with van der Waals surface area (Å²) in [5.41, 5.74) is 0.230.